The van der Waals surface area contributed by atoms with Gasteiger partial charge in [-0.25, -0.2) is 14.6 Å². The molecule has 2 aromatic rings. The van der Waals surface area contributed by atoms with Crippen molar-refractivity contribution in [3.63, 3.8) is 0 Å². The fourth-order valence-electron chi connectivity index (χ4n) is 2.33. The van der Waals surface area contributed by atoms with Crippen LogP contribution in [0.1, 0.15) is 12.1 Å². The number of aliphatic carboxylic acids is 2. The molecule has 25 heavy (non-hydrogen) atoms. The highest BCUT2D eigenvalue weighted by atomic mass is 35.5. The highest BCUT2D eigenvalue weighted by molar-refractivity contribution is 6.35. The van der Waals surface area contributed by atoms with Crippen LogP contribution in [0, 0.1) is 0 Å². The van der Waals surface area contributed by atoms with Crippen molar-refractivity contribution >= 4 is 34.4 Å². The van der Waals surface area contributed by atoms with Crippen LogP contribution in [-0.4, -0.2) is 32.7 Å². The van der Waals surface area contributed by atoms with Crippen LogP contribution in [0.2, 0.25) is 5.02 Å². The summed E-state index contributed by atoms with van der Waals surface area (Å²) in [5, 5.41) is 19.8. The number of hydrogen-bond acceptors (Lipinski definition) is 4. The van der Waals surface area contributed by atoms with Gasteiger partial charge in [0.25, 0.3) is 0 Å². The molecule has 0 saturated heterocycles. The van der Waals surface area contributed by atoms with Crippen LogP contribution < -0.4 is 4.74 Å². The molecule has 2 N–H and O–H groups in total. The number of benzene rings is 1. The van der Waals surface area contributed by atoms with Crippen molar-refractivity contribution in [2.24, 2.45) is 0 Å². The van der Waals surface area contributed by atoms with Gasteiger partial charge in [-0.15, -0.1) is 13.2 Å². The van der Waals surface area contributed by atoms with E-state index in [2.05, 4.69) is 18.1 Å². The average molecular weight is 362 g/mol. The van der Waals surface area contributed by atoms with Crippen LogP contribution in [0.3, 0.4) is 0 Å². The highest BCUT2D eigenvalue weighted by Crippen LogP contribution is 2.33. The molecule has 7 heteroatoms. The maximum absolute atomic E-state index is 11.6. The lowest BCUT2D eigenvalue weighted by Gasteiger charge is -2.25. The maximum Gasteiger partial charge on any atom is 0.360 e. The Morgan fingerprint density at radius 3 is 2.40 bits per heavy atom. The third-order valence-corrected chi connectivity index (χ3v) is 3.91. The summed E-state index contributed by atoms with van der Waals surface area (Å²) in [4.78, 5) is 27.6. The van der Waals surface area contributed by atoms with Crippen molar-refractivity contribution < 1.29 is 24.5 Å². The van der Waals surface area contributed by atoms with E-state index in [9.17, 15) is 19.8 Å². The number of rotatable bonds is 8. The summed E-state index contributed by atoms with van der Waals surface area (Å²) in [5.74, 6) is -3.26. The number of hydrogen-bond donors (Lipinski definition) is 2. The van der Waals surface area contributed by atoms with Gasteiger partial charge in [-0.1, -0.05) is 23.8 Å². The number of aromatic nitrogens is 1. The minimum Gasteiger partial charge on any atom is -0.478 e. The van der Waals surface area contributed by atoms with Gasteiger partial charge >= 0.3 is 17.5 Å². The van der Waals surface area contributed by atoms with Crippen LogP contribution in [0.5, 0.6) is 5.75 Å². The van der Waals surface area contributed by atoms with Crippen LogP contribution in [0.4, 0.5) is 0 Å². The van der Waals surface area contributed by atoms with Crippen LogP contribution >= 0.6 is 11.6 Å². The summed E-state index contributed by atoms with van der Waals surface area (Å²) in [6.45, 7) is 7.05. The van der Waals surface area contributed by atoms with Gasteiger partial charge in [0.15, 0.2) is 0 Å². The van der Waals surface area contributed by atoms with Gasteiger partial charge in [0.2, 0.25) is 0 Å². The number of carboxylic acids is 2. The first kappa shape index (κ1) is 18.5. The van der Waals surface area contributed by atoms with Crippen LogP contribution in [-0.2, 0) is 16.0 Å². The Morgan fingerprint density at radius 1 is 1.16 bits per heavy atom. The number of pyridine rings is 1. The molecule has 0 saturated carbocycles. The third-order valence-electron chi connectivity index (χ3n) is 3.59. The molecule has 0 spiro atoms. The van der Waals surface area contributed by atoms with Gasteiger partial charge in [0, 0.05) is 23.9 Å². The van der Waals surface area contributed by atoms with Crippen molar-refractivity contribution in [3.8, 4) is 5.75 Å². The number of fused-ring (bicyclic) bond motifs is 1. The van der Waals surface area contributed by atoms with Crippen LogP contribution in [0.15, 0.2) is 49.6 Å². The smallest absolute Gasteiger partial charge is 0.360 e. The van der Waals surface area contributed by atoms with E-state index in [1.54, 1.807) is 18.2 Å². The first-order valence-electron chi connectivity index (χ1n) is 7.31. The molecule has 0 amide bonds. The fraction of sp³-hybridized carbons (Fsp3) is 0.167. The van der Waals surface area contributed by atoms with E-state index in [4.69, 9.17) is 16.3 Å². The maximum atomic E-state index is 11.6. The van der Waals surface area contributed by atoms with E-state index in [1.165, 1.54) is 18.2 Å². The monoisotopic (exact) mass is 361 g/mol. The van der Waals surface area contributed by atoms with Crippen molar-refractivity contribution in [2.45, 2.75) is 18.4 Å². The number of carbonyl (C=O) groups is 2. The predicted octanol–water partition coefficient (Wildman–Crippen LogP) is 3.48. The zero-order valence-electron chi connectivity index (χ0n) is 13.2. The van der Waals surface area contributed by atoms with E-state index in [0.29, 0.717) is 22.5 Å². The number of ether oxygens (including phenoxy) is 1. The summed E-state index contributed by atoms with van der Waals surface area (Å²) in [7, 11) is 0. The van der Waals surface area contributed by atoms with E-state index >= 15 is 0 Å². The van der Waals surface area contributed by atoms with E-state index < -0.39 is 24.0 Å². The molecule has 0 aliphatic heterocycles. The van der Waals surface area contributed by atoms with E-state index in [1.807, 2.05) is 0 Å². The van der Waals surface area contributed by atoms with Crippen molar-refractivity contribution in [3.05, 3.63) is 60.3 Å². The Bertz CT molecular complexity index is 848. The highest BCUT2D eigenvalue weighted by Gasteiger charge is 2.49. The Balaban J connectivity index is 2.66. The first-order chi connectivity index (χ1) is 11.9. The minimum atomic E-state index is -2.50. The average Bonchev–Trinajstić information content (AvgIpc) is 2.56. The van der Waals surface area contributed by atoms with Gasteiger partial charge in [-0.2, -0.15) is 0 Å². The summed E-state index contributed by atoms with van der Waals surface area (Å²) in [5.41, 5.74) is -1.56. The summed E-state index contributed by atoms with van der Waals surface area (Å²) in [6, 6.07) is 6.37. The molecule has 1 aromatic heterocycles. The van der Waals surface area contributed by atoms with E-state index in [-0.39, 0.29) is 11.3 Å². The molecular weight excluding hydrogens is 346 g/mol. The predicted molar refractivity (Wildman–Crippen MR) is 94.1 cm³/mol. The molecule has 6 nitrogen and oxygen atoms in total. The molecule has 130 valence electrons. The number of halogens is 1. The van der Waals surface area contributed by atoms with Crippen molar-refractivity contribution in [1.82, 2.24) is 4.98 Å². The van der Waals surface area contributed by atoms with Crippen LogP contribution in [0.25, 0.3) is 10.9 Å². The number of allylic oxidation sites excluding steroid dienone is 1. The second-order valence-corrected chi connectivity index (χ2v) is 5.68. The summed E-state index contributed by atoms with van der Waals surface area (Å²) < 4.78 is 5.45. The quantitative estimate of drug-likeness (QED) is 0.552. The zero-order chi connectivity index (χ0) is 18.6. The Morgan fingerprint density at radius 2 is 1.84 bits per heavy atom. The van der Waals surface area contributed by atoms with E-state index in [0.717, 1.165) is 0 Å². The molecule has 1 aromatic carbocycles. The molecular formula is C18H16ClNO5. The molecule has 0 bridgehead atoms. The zero-order valence-corrected chi connectivity index (χ0v) is 14.0. The fourth-order valence-corrected chi connectivity index (χ4v) is 2.54. The molecule has 0 atom stereocenters. The van der Waals surface area contributed by atoms with Gasteiger partial charge in [-0.3, -0.25) is 0 Å². The summed E-state index contributed by atoms with van der Waals surface area (Å²) in [6.07, 6.45) is 2.90. The Hall–Kier alpha value is -2.86. The van der Waals surface area contributed by atoms with Crippen molar-refractivity contribution in [2.75, 3.05) is 0 Å². The molecule has 0 radical (unpaired) electrons. The first-order valence-corrected chi connectivity index (χ1v) is 7.69. The summed E-state index contributed by atoms with van der Waals surface area (Å²) >= 11 is 6.15. The molecule has 0 aliphatic rings. The lowest BCUT2D eigenvalue weighted by molar-refractivity contribution is -0.171. The topological polar surface area (TPSA) is 96.7 Å². The lowest BCUT2D eigenvalue weighted by atomic mass is 9.99. The Kier molecular flexibility index (Phi) is 5.44. The molecule has 0 aliphatic carbocycles. The van der Waals surface area contributed by atoms with Gasteiger partial charge < -0.3 is 14.9 Å². The van der Waals surface area contributed by atoms with Crippen molar-refractivity contribution in [1.29, 1.82) is 0 Å². The molecule has 1 heterocycles. The second-order valence-electron chi connectivity index (χ2n) is 5.27. The number of nitrogens with zero attached hydrogens (tertiary/aromatic N) is 1. The standard InChI is InChI=1S/C18H16ClNO5/c1-3-5-11-6-7-12-13(19)8-9-14(15(12)20-11)25-18(10-4-2,16(21)22)17(23)24/h3-4,6-9H,1-2,5,10H2,(H,21,22)(H,23,24). The SMILES string of the molecule is C=CCc1ccc2c(Cl)ccc(OC(CC=C)(C(=O)O)C(=O)O)c2n1. The van der Waals surface area contributed by atoms with Gasteiger partial charge in [-0.05, 0) is 24.3 Å². The lowest BCUT2D eigenvalue weighted by Crippen LogP contribution is -2.51. The normalized spacial score (nSPS) is 11.1. The third kappa shape index (κ3) is 3.49. The molecule has 2 rings (SSSR count). The minimum absolute atomic E-state index is 0.0111. The van der Waals surface area contributed by atoms with Gasteiger partial charge in [0.1, 0.15) is 11.3 Å². The largest absolute Gasteiger partial charge is 0.478 e. The van der Waals surface area contributed by atoms with Gasteiger partial charge in [0.05, 0.1) is 5.02 Å². The Labute approximate surface area is 149 Å². The molecule has 0 unspecified atom stereocenters. The second kappa shape index (κ2) is 7.36. The molecule has 0 fully saturated rings. The number of carboxylic acid groups (broad SMARTS) is 2.